The van der Waals surface area contributed by atoms with Crippen molar-refractivity contribution >= 4 is 29.1 Å². The fourth-order valence-electron chi connectivity index (χ4n) is 3.76. The molecule has 0 aromatic heterocycles. The SMILES string of the molecule is CCOc1ccc(C(O)=C2C(=O)C(=O)N(CCCOC(C)C)[C@H]2c2ccccc2F)cc1Cl. The lowest BCUT2D eigenvalue weighted by Gasteiger charge is -2.25. The highest BCUT2D eigenvalue weighted by atomic mass is 35.5. The summed E-state index contributed by atoms with van der Waals surface area (Å²) >= 11 is 6.25. The molecule has 0 spiro atoms. The molecule has 1 fully saturated rings. The molecule has 1 aliphatic heterocycles. The van der Waals surface area contributed by atoms with Crippen LogP contribution in [0.4, 0.5) is 4.39 Å². The number of aliphatic hydroxyl groups is 1. The van der Waals surface area contributed by atoms with Gasteiger partial charge in [-0.1, -0.05) is 29.8 Å². The zero-order chi connectivity index (χ0) is 24.1. The van der Waals surface area contributed by atoms with Crippen molar-refractivity contribution in [3.05, 3.63) is 70.0 Å². The maximum atomic E-state index is 14.8. The van der Waals surface area contributed by atoms with Crippen LogP contribution in [0.5, 0.6) is 5.75 Å². The fraction of sp³-hybridized carbons (Fsp3) is 0.360. The Hall–Kier alpha value is -2.90. The molecule has 2 aromatic rings. The van der Waals surface area contributed by atoms with E-state index in [2.05, 4.69) is 0 Å². The van der Waals surface area contributed by atoms with Crippen molar-refractivity contribution in [3.63, 3.8) is 0 Å². The third-order valence-corrected chi connectivity index (χ3v) is 5.53. The fourth-order valence-corrected chi connectivity index (χ4v) is 4.00. The number of ether oxygens (including phenoxy) is 2. The molecule has 2 aromatic carbocycles. The smallest absolute Gasteiger partial charge is 0.295 e. The summed E-state index contributed by atoms with van der Waals surface area (Å²) in [6.45, 7) is 6.55. The van der Waals surface area contributed by atoms with Gasteiger partial charge in [0.1, 0.15) is 17.3 Å². The van der Waals surface area contributed by atoms with Crippen molar-refractivity contribution in [3.8, 4) is 5.75 Å². The summed E-state index contributed by atoms with van der Waals surface area (Å²) < 4.78 is 25.7. The zero-order valence-corrected chi connectivity index (χ0v) is 19.6. The van der Waals surface area contributed by atoms with Gasteiger partial charge in [0.25, 0.3) is 11.7 Å². The first-order chi connectivity index (χ1) is 15.8. The summed E-state index contributed by atoms with van der Waals surface area (Å²) in [6, 6.07) is 9.38. The van der Waals surface area contributed by atoms with Crippen LogP contribution in [0.15, 0.2) is 48.0 Å². The number of carbonyl (C=O) groups is 2. The topological polar surface area (TPSA) is 76.1 Å². The molecular weight excluding hydrogens is 449 g/mol. The number of nitrogens with zero attached hydrogens (tertiary/aromatic N) is 1. The first kappa shape index (κ1) is 24.7. The van der Waals surface area contributed by atoms with Crippen molar-refractivity contribution in [1.29, 1.82) is 0 Å². The molecular formula is C25H27ClFNO5. The van der Waals surface area contributed by atoms with Gasteiger partial charge in [0.05, 0.1) is 29.3 Å². The van der Waals surface area contributed by atoms with Gasteiger partial charge in [-0.3, -0.25) is 9.59 Å². The maximum absolute atomic E-state index is 14.8. The van der Waals surface area contributed by atoms with E-state index in [-0.39, 0.29) is 34.4 Å². The molecule has 3 rings (SSSR count). The van der Waals surface area contributed by atoms with Gasteiger partial charge in [0.15, 0.2) is 0 Å². The summed E-state index contributed by atoms with van der Waals surface area (Å²) in [5, 5.41) is 11.3. The van der Waals surface area contributed by atoms with Gasteiger partial charge in [-0.15, -0.1) is 0 Å². The minimum Gasteiger partial charge on any atom is -0.507 e. The Labute approximate surface area is 197 Å². The Morgan fingerprint density at radius 2 is 1.94 bits per heavy atom. The highest BCUT2D eigenvalue weighted by Gasteiger charge is 2.46. The van der Waals surface area contributed by atoms with Crippen LogP contribution in [0.2, 0.25) is 5.02 Å². The highest BCUT2D eigenvalue weighted by molar-refractivity contribution is 6.46. The van der Waals surface area contributed by atoms with E-state index in [1.54, 1.807) is 12.1 Å². The number of carbonyl (C=O) groups excluding carboxylic acids is 2. The number of hydrogen-bond acceptors (Lipinski definition) is 5. The molecule has 1 amide bonds. The number of likely N-dealkylation sites (tertiary alicyclic amines) is 1. The lowest BCUT2D eigenvalue weighted by molar-refractivity contribution is -0.140. The third kappa shape index (κ3) is 5.37. The molecule has 1 aliphatic rings. The molecule has 1 atom stereocenters. The second-order valence-electron chi connectivity index (χ2n) is 7.87. The number of benzene rings is 2. The van der Waals surface area contributed by atoms with Crippen LogP contribution in [0, 0.1) is 5.82 Å². The summed E-state index contributed by atoms with van der Waals surface area (Å²) in [4.78, 5) is 27.2. The van der Waals surface area contributed by atoms with E-state index in [1.165, 1.54) is 35.2 Å². The van der Waals surface area contributed by atoms with Crippen molar-refractivity contribution < 1.29 is 28.6 Å². The molecule has 0 unspecified atom stereocenters. The summed E-state index contributed by atoms with van der Waals surface area (Å²) in [5.74, 6) is -2.26. The molecule has 0 bridgehead atoms. The lowest BCUT2D eigenvalue weighted by Crippen LogP contribution is -2.31. The Morgan fingerprint density at radius 1 is 1.21 bits per heavy atom. The van der Waals surface area contributed by atoms with E-state index in [0.717, 1.165) is 0 Å². The number of aliphatic hydroxyl groups excluding tert-OH is 1. The lowest BCUT2D eigenvalue weighted by atomic mass is 9.95. The predicted molar refractivity (Wildman–Crippen MR) is 124 cm³/mol. The van der Waals surface area contributed by atoms with Crippen LogP contribution in [-0.4, -0.2) is 47.6 Å². The van der Waals surface area contributed by atoms with Gasteiger partial charge < -0.3 is 19.5 Å². The van der Waals surface area contributed by atoms with E-state index < -0.39 is 29.3 Å². The van der Waals surface area contributed by atoms with E-state index in [4.69, 9.17) is 21.1 Å². The normalized spacial score (nSPS) is 17.8. The van der Waals surface area contributed by atoms with E-state index in [0.29, 0.717) is 25.4 Å². The van der Waals surface area contributed by atoms with Crippen molar-refractivity contribution in [1.82, 2.24) is 4.90 Å². The van der Waals surface area contributed by atoms with Crippen molar-refractivity contribution in [2.24, 2.45) is 0 Å². The molecule has 0 saturated carbocycles. The van der Waals surface area contributed by atoms with Crippen LogP contribution in [-0.2, 0) is 14.3 Å². The van der Waals surface area contributed by atoms with Crippen molar-refractivity contribution in [2.75, 3.05) is 19.8 Å². The molecule has 6 nitrogen and oxygen atoms in total. The van der Waals surface area contributed by atoms with Gasteiger partial charge in [0, 0.05) is 24.3 Å². The quantitative estimate of drug-likeness (QED) is 0.236. The molecule has 0 radical (unpaired) electrons. The highest BCUT2D eigenvalue weighted by Crippen LogP contribution is 2.41. The minimum atomic E-state index is -1.07. The van der Waals surface area contributed by atoms with Crippen molar-refractivity contribution in [2.45, 2.75) is 39.3 Å². The largest absolute Gasteiger partial charge is 0.507 e. The molecule has 1 saturated heterocycles. The Morgan fingerprint density at radius 3 is 2.58 bits per heavy atom. The van der Waals surface area contributed by atoms with Crippen LogP contribution in [0.3, 0.4) is 0 Å². The van der Waals surface area contributed by atoms with Crippen LogP contribution in [0.25, 0.3) is 5.76 Å². The number of rotatable bonds is 9. The van der Waals surface area contributed by atoms with Gasteiger partial charge in [0.2, 0.25) is 0 Å². The molecule has 0 aliphatic carbocycles. The summed E-state index contributed by atoms with van der Waals surface area (Å²) in [6.07, 6.45) is 0.470. The Balaban J connectivity index is 2.06. The first-order valence-electron chi connectivity index (χ1n) is 10.8. The second kappa shape index (κ2) is 10.8. The molecule has 33 heavy (non-hydrogen) atoms. The first-order valence-corrected chi connectivity index (χ1v) is 11.2. The third-order valence-electron chi connectivity index (χ3n) is 5.24. The average molecular weight is 476 g/mol. The summed E-state index contributed by atoms with van der Waals surface area (Å²) in [7, 11) is 0. The van der Waals surface area contributed by atoms with Gasteiger partial charge in [-0.2, -0.15) is 0 Å². The van der Waals surface area contributed by atoms with Gasteiger partial charge in [-0.25, -0.2) is 4.39 Å². The zero-order valence-electron chi connectivity index (χ0n) is 18.8. The standard InChI is InChI=1S/C25H27ClFNO5/c1-4-32-20-11-10-16(14-18(20)26)23(29)21-22(17-8-5-6-9-19(17)27)28(25(31)24(21)30)12-7-13-33-15(2)3/h5-6,8-11,14-15,22,29H,4,7,12-13H2,1-3H3/t22-/m0/s1. The molecule has 1 N–H and O–H groups in total. The average Bonchev–Trinajstić information content (AvgIpc) is 3.02. The second-order valence-corrected chi connectivity index (χ2v) is 8.27. The van der Waals surface area contributed by atoms with Crippen LogP contribution in [0.1, 0.15) is 44.4 Å². The number of Topliss-reactive ketones (excluding diaryl/α,β-unsaturated/α-hetero) is 1. The number of amides is 1. The van der Waals surface area contributed by atoms with Crippen LogP contribution >= 0.6 is 11.6 Å². The number of halogens is 2. The van der Waals surface area contributed by atoms with Gasteiger partial charge >= 0.3 is 0 Å². The Bertz CT molecular complexity index is 1070. The van der Waals surface area contributed by atoms with Gasteiger partial charge in [-0.05, 0) is 51.5 Å². The van der Waals surface area contributed by atoms with E-state index >= 15 is 0 Å². The maximum Gasteiger partial charge on any atom is 0.295 e. The molecule has 176 valence electrons. The predicted octanol–water partition coefficient (Wildman–Crippen LogP) is 5.11. The summed E-state index contributed by atoms with van der Waals surface area (Å²) in [5.41, 5.74) is 0.168. The van der Waals surface area contributed by atoms with Crippen LogP contribution < -0.4 is 4.74 Å². The minimum absolute atomic E-state index is 0.0205. The monoisotopic (exact) mass is 475 g/mol. The Kier molecular flexibility index (Phi) is 8.10. The molecule has 8 heteroatoms. The van der Waals surface area contributed by atoms with E-state index in [9.17, 15) is 19.1 Å². The number of ketones is 1. The van der Waals surface area contributed by atoms with E-state index in [1.807, 2.05) is 20.8 Å². The number of hydrogen-bond donors (Lipinski definition) is 1. The molecule has 1 heterocycles.